The molecule has 0 bridgehead atoms. The molecule has 2 saturated carbocycles. The Labute approximate surface area is 90.9 Å². The van der Waals surface area contributed by atoms with Crippen LogP contribution >= 0.6 is 0 Å². The Morgan fingerprint density at radius 2 is 2.33 bits per heavy atom. The average Bonchev–Trinajstić information content (AvgIpc) is 3.12. The molecule has 0 aliphatic heterocycles. The van der Waals surface area contributed by atoms with Crippen molar-refractivity contribution in [3.63, 3.8) is 0 Å². The zero-order valence-corrected chi connectivity index (χ0v) is 9.37. The number of hydrogen-bond donors (Lipinski definition) is 1. The zero-order chi connectivity index (χ0) is 10.3. The maximum Gasteiger partial charge on any atom is 0.0951 e. The molecule has 0 amide bonds. The van der Waals surface area contributed by atoms with Crippen LogP contribution in [0.1, 0.15) is 44.3 Å². The monoisotopic (exact) mass is 205 g/mol. The smallest absolute Gasteiger partial charge is 0.0951 e. The SMILES string of the molecule is CC1(CNCc2cncn2C2CC2)CC1. The van der Waals surface area contributed by atoms with E-state index < -0.39 is 0 Å². The van der Waals surface area contributed by atoms with Crippen molar-refractivity contribution in [3.8, 4) is 0 Å². The molecule has 0 saturated heterocycles. The van der Waals surface area contributed by atoms with Gasteiger partial charge in [-0.2, -0.15) is 0 Å². The lowest BCUT2D eigenvalue weighted by atomic mass is 10.1. The molecule has 2 aliphatic rings. The Balaban J connectivity index is 1.54. The van der Waals surface area contributed by atoms with Gasteiger partial charge in [-0.3, -0.25) is 0 Å². The van der Waals surface area contributed by atoms with Crippen LogP contribution in [0.3, 0.4) is 0 Å². The van der Waals surface area contributed by atoms with Gasteiger partial charge in [-0.05, 0) is 31.1 Å². The summed E-state index contributed by atoms with van der Waals surface area (Å²) in [6, 6.07) is 0.751. The van der Waals surface area contributed by atoms with E-state index in [1.165, 1.54) is 31.4 Å². The lowest BCUT2D eigenvalue weighted by Crippen LogP contribution is -2.22. The van der Waals surface area contributed by atoms with Crippen molar-refractivity contribution in [3.05, 3.63) is 18.2 Å². The molecule has 1 aromatic rings. The second-order valence-electron chi connectivity index (χ2n) is 5.44. The number of rotatable bonds is 5. The third-order valence-electron chi connectivity index (χ3n) is 3.65. The van der Waals surface area contributed by atoms with Gasteiger partial charge in [-0.25, -0.2) is 4.98 Å². The number of aromatic nitrogens is 2. The molecule has 1 heterocycles. The van der Waals surface area contributed by atoms with Gasteiger partial charge in [0.05, 0.1) is 12.0 Å². The first-order chi connectivity index (χ1) is 7.27. The minimum Gasteiger partial charge on any atom is -0.330 e. The molecule has 0 unspecified atom stereocenters. The van der Waals surface area contributed by atoms with Crippen LogP contribution in [-0.2, 0) is 6.54 Å². The summed E-state index contributed by atoms with van der Waals surface area (Å²) in [6.45, 7) is 4.49. The fourth-order valence-corrected chi connectivity index (χ4v) is 2.03. The van der Waals surface area contributed by atoms with E-state index in [1.54, 1.807) is 0 Å². The van der Waals surface area contributed by atoms with Crippen molar-refractivity contribution in [2.45, 2.75) is 45.2 Å². The predicted octanol–water partition coefficient (Wildman–Crippen LogP) is 2.11. The molecule has 0 aromatic carbocycles. The molecule has 1 N–H and O–H groups in total. The topological polar surface area (TPSA) is 29.9 Å². The second kappa shape index (κ2) is 3.34. The van der Waals surface area contributed by atoms with Crippen LogP contribution in [0.2, 0.25) is 0 Å². The van der Waals surface area contributed by atoms with Crippen molar-refractivity contribution < 1.29 is 0 Å². The summed E-state index contributed by atoms with van der Waals surface area (Å²) < 4.78 is 2.34. The molecule has 1 aromatic heterocycles. The lowest BCUT2D eigenvalue weighted by Gasteiger charge is -2.11. The van der Waals surface area contributed by atoms with Crippen molar-refractivity contribution in [1.82, 2.24) is 14.9 Å². The number of imidazole rings is 1. The number of hydrogen-bond acceptors (Lipinski definition) is 2. The summed E-state index contributed by atoms with van der Waals surface area (Å²) in [7, 11) is 0. The third-order valence-corrected chi connectivity index (χ3v) is 3.65. The highest BCUT2D eigenvalue weighted by Gasteiger charge is 2.36. The van der Waals surface area contributed by atoms with E-state index in [0.717, 1.165) is 19.1 Å². The highest BCUT2D eigenvalue weighted by molar-refractivity contribution is 5.03. The van der Waals surface area contributed by atoms with E-state index in [2.05, 4.69) is 21.8 Å². The molecule has 3 rings (SSSR count). The predicted molar refractivity (Wildman–Crippen MR) is 59.5 cm³/mol. The molecule has 3 heteroatoms. The summed E-state index contributed by atoms with van der Waals surface area (Å²) in [5.41, 5.74) is 1.95. The molecular formula is C12H19N3. The second-order valence-corrected chi connectivity index (χ2v) is 5.44. The van der Waals surface area contributed by atoms with Crippen LogP contribution in [-0.4, -0.2) is 16.1 Å². The van der Waals surface area contributed by atoms with Gasteiger partial charge in [0.15, 0.2) is 0 Å². The van der Waals surface area contributed by atoms with E-state index in [1.807, 2.05) is 12.5 Å². The first-order valence-corrected chi connectivity index (χ1v) is 5.98. The molecule has 0 spiro atoms. The highest BCUT2D eigenvalue weighted by Crippen LogP contribution is 2.44. The van der Waals surface area contributed by atoms with Gasteiger partial charge >= 0.3 is 0 Å². The maximum atomic E-state index is 4.24. The zero-order valence-electron chi connectivity index (χ0n) is 9.37. The van der Waals surface area contributed by atoms with Crippen molar-refractivity contribution in [2.75, 3.05) is 6.54 Å². The summed E-state index contributed by atoms with van der Waals surface area (Å²) in [4.78, 5) is 4.24. The van der Waals surface area contributed by atoms with E-state index >= 15 is 0 Å². The normalized spacial score (nSPS) is 23.0. The van der Waals surface area contributed by atoms with Gasteiger partial charge in [0.1, 0.15) is 0 Å². The largest absolute Gasteiger partial charge is 0.330 e. The van der Waals surface area contributed by atoms with Crippen molar-refractivity contribution in [1.29, 1.82) is 0 Å². The van der Waals surface area contributed by atoms with E-state index in [0.29, 0.717) is 5.41 Å². The molecule has 82 valence electrons. The molecule has 2 fully saturated rings. The standard InChI is InChI=1S/C12H19N3/c1-12(4-5-12)8-13-6-11-7-14-9-15(11)10-2-3-10/h7,9-10,13H,2-6,8H2,1H3. The average molecular weight is 205 g/mol. The van der Waals surface area contributed by atoms with Gasteiger partial charge < -0.3 is 9.88 Å². The van der Waals surface area contributed by atoms with Crippen LogP contribution < -0.4 is 5.32 Å². The Bertz CT molecular complexity index is 348. The molecule has 2 aliphatic carbocycles. The first-order valence-electron chi connectivity index (χ1n) is 5.98. The molecule has 0 radical (unpaired) electrons. The number of nitrogens with one attached hydrogen (secondary N) is 1. The van der Waals surface area contributed by atoms with Crippen LogP contribution in [0.5, 0.6) is 0 Å². The number of nitrogens with zero attached hydrogens (tertiary/aromatic N) is 2. The molecule has 0 atom stereocenters. The fraction of sp³-hybridized carbons (Fsp3) is 0.750. The van der Waals surface area contributed by atoms with Gasteiger partial charge in [0, 0.05) is 25.3 Å². The first kappa shape index (κ1) is 9.40. The van der Waals surface area contributed by atoms with Crippen LogP contribution in [0.15, 0.2) is 12.5 Å². The maximum absolute atomic E-state index is 4.24. The summed E-state index contributed by atoms with van der Waals surface area (Å²) >= 11 is 0. The Hall–Kier alpha value is -0.830. The lowest BCUT2D eigenvalue weighted by molar-refractivity contribution is 0.490. The van der Waals surface area contributed by atoms with Crippen LogP contribution in [0.4, 0.5) is 0 Å². The van der Waals surface area contributed by atoms with E-state index in [9.17, 15) is 0 Å². The van der Waals surface area contributed by atoms with E-state index in [4.69, 9.17) is 0 Å². The fourth-order valence-electron chi connectivity index (χ4n) is 2.03. The Morgan fingerprint density at radius 1 is 1.53 bits per heavy atom. The van der Waals surface area contributed by atoms with Crippen molar-refractivity contribution in [2.24, 2.45) is 5.41 Å². The minimum absolute atomic E-state index is 0.602. The van der Waals surface area contributed by atoms with Crippen molar-refractivity contribution >= 4 is 0 Å². The van der Waals surface area contributed by atoms with Crippen LogP contribution in [0.25, 0.3) is 0 Å². The van der Waals surface area contributed by atoms with E-state index in [-0.39, 0.29) is 0 Å². The highest BCUT2D eigenvalue weighted by atomic mass is 15.1. The van der Waals surface area contributed by atoms with Gasteiger partial charge in [-0.15, -0.1) is 0 Å². The summed E-state index contributed by atoms with van der Waals surface area (Å²) in [6.07, 6.45) is 9.43. The Kier molecular flexibility index (Phi) is 2.09. The Morgan fingerprint density at radius 3 is 3.00 bits per heavy atom. The third kappa shape index (κ3) is 2.07. The molecule has 15 heavy (non-hydrogen) atoms. The molecular weight excluding hydrogens is 186 g/mol. The minimum atomic E-state index is 0.602. The van der Waals surface area contributed by atoms with Gasteiger partial charge in [0.2, 0.25) is 0 Å². The van der Waals surface area contributed by atoms with Gasteiger partial charge in [0.25, 0.3) is 0 Å². The molecule has 3 nitrogen and oxygen atoms in total. The van der Waals surface area contributed by atoms with Crippen LogP contribution in [0, 0.1) is 5.41 Å². The quantitative estimate of drug-likeness (QED) is 0.798. The van der Waals surface area contributed by atoms with Gasteiger partial charge in [-0.1, -0.05) is 6.92 Å². The summed E-state index contributed by atoms with van der Waals surface area (Å²) in [5, 5.41) is 3.55. The summed E-state index contributed by atoms with van der Waals surface area (Å²) in [5.74, 6) is 0.